The van der Waals surface area contributed by atoms with Gasteiger partial charge in [0.05, 0.1) is 10.0 Å². The van der Waals surface area contributed by atoms with Crippen molar-refractivity contribution in [2.45, 2.75) is 13.8 Å². The quantitative estimate of drug-likeness (QED) is 0.759. The lowest BCUT2D eigenvalue weighted by Gasteiger charge is -1.99. The standard InChI is InChI=1S/C8H7BrN2O2/c1-4-6(3-10)7(9)5(2)11(4)8(12)13/h1-2H3,(H,12,13). The molecule has 0 amide bonds. The molecule has 1 aromatic rings. The Bertz CT molecular complexity index is 415. The summed E-state index contributed by atoms with van der Waals surface area (Å²) in [5.74, 6) is 0. The van der Waals surface area contributed by atoms with Crippen molar-refractivity contribution in [2.75, 3.05) is 0 Å². The van der Waals surface area contributed by atoms with E-state index in [2.05, 4.69) is 15.9 Å². The predicted molar refractivity (Wildman–Crippen MR) is 49.7 cm³/mol. The topological polar surface area (TPSA) is 66.0 Å². The highest BCUT2D eigenvalue weighted by molar-refractivity contribution is 9.10. The molecule has 0 aromatic carbocycles. The van der Waals surface area contributed by atoms with Crippen LogP contribution in [-0.4, -0.2) is 15.8 Å². The van der Waals surface area contributed by atoms with Crippen molar-refractivity contribution in [2.24, 2.45) is 0 Å². The summed E-state index contributed by atoms with van der Waals surface area (Å²) >= 11 is 3.17. The molecule has 4 nitrogen and oxygen atoms in total. The molecule has 0 atom stereocenters. The average Bonchev–Trinajstić information content (AvgIpc) is 2.24. The molecule has 0 unspecified atom stereocenters. The van der Waals surface area contributed by atoms with Crippen molar-refractivity contribution in [3.63, 3.8) is 0 Å². The zero-order valence-electron chi connectivity index (χ0n) is 7.13. The second-order valence-corrected chi connectivity index (χ2v) is 3.38. The average molecular weight is 243 g/mol. The summed E-state index contributed by atoms with van der Waals surface area (Å²) in [6, 6.07) is 1.95. The van der Waals surface area contributed by atoms with E-state index in [1.54, 1.807) is 13.8 Å². The van der Waals surface area contributed by atoms with Gasteiger partial charge in [-0.25, -0.2) is 4.79 Å². The van der Waals surface area contributed by atoms with Crippen LogP contribution in [0.4, 0.5) is 4.79 Å². The molecular weight excluding hydrogens is 236 g/mol. The second-order valence-electron chi connectivity index (χ2n) is 2.59. The summed E-state index contributed by atoms with van der Waals surface area (Å²) in [5.41, 5.74) is 1.35. The number of halogens is 1. The van der Waals surface area contributed by atoms with Gasteiger partial charge >= 0.3 is 6.09 Å². The van der Waals surface area contributed by atoms with Gasteiger partial charge in [-0.1, -0.05) is 0 Å². The first kappa shape index (κ1) is 9.81. The largest absolute Gasteiger partial charge is 0.464 e. The maximum Gasteiger partial charge on any atom is 0.416 e. The van der Waals surface area contributed by atoms with E-state index in [9.17, 15) is 4.79 Å². The van der Waals surface area contributed by atoms with Gasteiger partial charge in [0.15, 0.2) is 0 Å². The van der Waals surface area contributed by atoms with Gasteiger partial charge in [0, 0.05) is 11.4 Å². The first-order chi connectivity index (χ1) is 6.00. The second kappa shape index (κ2) is 3.23. The van der Waals surface area contributed by atoms with E-state index in [-0.39, 0.29) is 0 Å². The fourth-order valence-electron chi connectivity index (χ4n) is 1.22. The molecule has 0 saturated carbocycles. The molecule has 0 saturated heterocycles. The molecule has 0 radical (unpaired) electrons. The number of nitriles is 1. The van der Waals surface area contributed by atoms with Crippen LogP contribution in [0.3, 0.4) is 0 Å². The Kier molecular flexibility index (Phi) is 2.43. The van der Waals surface area contributed by atoms with E-state index in [1.807, 2.05) is 6.07 Å². The van der Waals surface area contributed by atoms with Gasteiger partial charge in [0.2, 0.25) is 0 Å². The normalized spacial score (nSPS) is 9.69. The Morgan fingerprint density at radius 2 is 2.08 bits per heavy atom. The van der Waals surface area contributed by atoms with Crippen molar-refractivity contribution in [3.8, 4) is 6.07 Å². The molecule has 0 aliphatic carbocycles. The number of hydrogen-bond donors (Lipinski definition) is 1. The first-order valence-electron chi connectivity index (χ1n) is 3.51. The number of nitrogens with zero attached hydrogens (tertiary/aromatic N) is 2. The smallest absolute Gasteiger partial charge is 0.416 e. The lowest BCUT2D eigenvalue weighted by Crippen LogP contribution is -2.11. The Morgan fingerprint density at radius 3 is 2.31 bits per heavy atom. The highest BCUT2D eigenvalue weighted by atomic mass is 79.9. The Morgan fingerprint density at radius 1 is 1.54 bits per heavy atom. The van der Waals surface area contributed by atoms with E-state index in [0.717, 1.165) is 4.57 Å². The Hall–Kier alpha value is -1.28. The fraction of sp³-hybridized carbons (Fsp3) is 0.250. The minimum absolute atomic E-state index is 0.375. The van der Waals surface area contributed by atoms with Crippen molar-refractivity contribution >= 4 is 22.0 Å². The molecule has 68 valence electrons. The zero-order valence-corrected chi connectivity index (χ0v) is 8.71. The van der Waals surface area contributed by atoms with Crippen LogP contribution in [0.25, 0.3) is 0 Å². The Labute approximate surface area is 83.5 Å². The molecule has 0 bridgehead atoms. The molecule has 1 N–H and O–H groups in total. The fourth-order valence-corrected chi connectivity index (χ4v) is 1.77. The number of carboxylic acid groups (broad SMARTS) is 1. The summed E-state index contributed by atoms with van der Waals surface area (Å²) in [4.78, 5) is 10.8. The van der Waals surface area contributed by atoms with Gasteiger partial charge in [-0.3, -0.25) is 4.57 Å². The highest BCUT2D eigenvalue weighted by Crippen LogP contribution is 2.26. The maximum absolute atomic E-state index is 10.8. The van der Waals surface area contributed by atoms with Crippen LogP contribution >= 0.6 is 15.9 Å². The van der Waals surface area contributed by atoms with Gasteiger partial charge < -0.3 is 5.11 Å². The van der Waals surface area contributed by atoms with Gasteiger partial charge in [0.1, 0.15) is 6.07 Å². The molecule has 0 fully saturated rings. The van der Waals surface area contributed by atoms with E-state index in [1.165, 1.54) is 0 Å². The van der Waals surface area contributed by atoms with Gasteiger partial charge in [-0.2, -0.15) is 5.26 Å². The van der Waals surface area contributed by atoms with Gasteiger partial charge in [-0.15, -0.1) is 0 Å². The molecule has 0 aliphatic rings. The van der Waals surface area contributed by atoms with Crippen LogP contribution in [-0.2, 0) is 0 Å². The summed E-state index contributed by atoms with van der Waals surface area (Å²) in [5, 5.41) is 17.5. The highest BCUT2D eigenvalue weighted by Gasteiger charge is 2.18. The van der Waals surface area contributed by atoms with E-state index < -0.39 is 6.09 Å². The van der Waals surface area contributed by atoms with E-state index >= 15 is 0 Å². The van der Waals surface area contributed by atoms with Crippen LogP contribution in [0.2, 0.25) is 0 Å². The minimum atomic E-state index is -1.07. The molecule has 1 rings (SSSR count). The van der Waals surface area contributed by atoms with Crippen LogP contribution in [0.15, 0.2) is 4.47 Å². The van der Waals surface area contributed by atoms with E-state index in [4.69, 9.17) is 10.4 Å². The SMILES string of the molecule is Cc1c(Br)c(C#N)c(C)n1C(=O)O. The molecule has 1 heterocycles. The maximum atomic E-state index is 10.8. The molecule has 0 spiro atoms. The molecule has 5 heteroatoms. The third kappa shape index (κ3) is 1.33. The van der Waals surface area contributed by atoms with Crippen LogP contribution < -0.4 is 0 Å². The van der Waals surface area contributed by atoms with Crippen molar-refractivity contribution in [3.05, 3.63) is 21.4 Å². The molecular formula is C8H7BrN2O2. The minimum Gasteiger partial charge on any atom is -0.464 e. The summed E-state index contributed by atoms with van der Waals surface area (Å²) in [6.07, 6.45) is -1.07. The van der Waals surface area contributed by atoms with E-state index in [0.29, 0.717) is 21.4 Å². The zero-order chi connectivity index (χ0) is 10.2. The first-order valence-corrected chi connectivity index (χ1v) is 4.30. The number of carbonyl (C=O) groups is 1. The number of rotatable bonds is 0. The van der Waals surface area contributed by atoms with Crippen LogP contribution in [0, 0.1) is 25.2 Å². The lowest BCUT2D eigenvalue weighted by atomic mass is 10.3. The monoisotopic (exact) mass is 242 g/mol. The third-order valence-electron chi connectivity index (χ3n) is 1.87. The van der Waals surface area contributed by atoms with Crippen molar-refractivity contribution < 1.29 is 9.90 Å². The third-order valence-corrected chi connectivity index (χ3v) is 2.84. The molecule has 13 heavy (non-hydrogen) atoms. The molecule has 0 aliphatic heterocycles. The van der Waals surface area contributed by atoms with Crippen LogP contribution in [0.5, 0.6) is 0 Å². The summed E-state index contributed by atoms with van der Waals surface area (Å²) in [6.45, 7) is 3.25. The number of hydrogen-bond acceptors (Lipinski definition) is 2. The van der Waals surface area contributed by atoms with Gasteiger partial charge in [0.25, 0.3) is 0 Å². The van der Waals surface area contributed by atoms with Crippen LogP contribution in [0.1, 0.15) is 17.0 Å². The molecule has 1 aromatic heterocycles. The summed E-state index contributed by atoms with van der Waals surface area (Å²) < 4.78 is 1.64. The number of aromatic nitrogens is 1. The predicted octanol–water partition coefficient (Wildman–Crippen LogP) is 2.27. The van der Waals surface area contributed by atoms with Gasteiger partial charge in [-0.05, 0) is 29.8 Å². The summed E-state index contributed by atoms with van der Waals surface area (Å²) in [7, 11) is 0. The lowest BCUT2D eigenvalue weighted by molar-refractivity contribution is 0.195. The Balaban J connectivity index is 3.57. The van der Waals surface area contributed by atoms with Crippen molar-refractivity contribution in [1.82, 2.24) is 4.57 Å². The van der Waals surface area contributed by atoms with Crippen molar-refractivity contribution in [1.29, 1.82) is 5.26 Å².